The van der Waals surface area contributed by atoms with Crippen molar-refractivity contribution in [3.63, 3.8) is 0 Å². The van der Waals surface area contributed by atoms with Gasteiger partial charge in [-0.2, -0.15) is 0 Å². The first-order valence-electron chi connectivity index (χ1n) is 11.9. The number of nitrogens with zero attached hydrogens (tertiary/aromatic N) is 3. The minimum atomic E-state index is -0.150. The van der Waals surface area contributed by atoms with Gasteiger partial charge in [0.05, 0.1) is 17.7 Å². The molecule has 1 aromatic heterocycles. The molecule has 2 bridgehead atoms. The normalized spacial score (nSPS) is 19.3. The number of carbonyl (C=O) groups is 2. The van der Waals surface area contributed by atoms with Gasteiger partial charge in [-0.05, 0) is 62.3 Å². The first-order valence-corrected chi connectivity index (χ1v) is 11.9. The molecule has 7 heteroatoms. The Kier molecular flexibility index (Phi) is 7.28. The van der Waals surface area contributed by atoms with Crippen LogP contribution in [0.4, 0.5) is 0 Å². The number of fused-ring (bicyclic) bond motifs is 9. The second-order valence-corrected chi connectivity index (χ2v) is 9.23. The van der Waals surface area contributed by atoms with Gasteiger partial charge in [0.2, 0.25) is 0 Å². The lowest BCUT2D eigenvalue weighted by Crippen LogP contribution is -2.44. The van der Waals surface area contributed by atoms with Crippen LogP contribution < -0.4 is 4.74 Å². The number of aryl methyl sites for hydroxylation is 1. The molecule has 5 rings (SSSR count). The maximum atomic E-state index is 13.2. The third kappa shape index (κ3) is 5.36. The predicted octanol–water partition coefficient (Wildman–Crippen LogP) is 3.31. The Morgan fingerprint density at radius 2 is 1.85 bits per heavy atom. The average molecular weight is 452 g/mol. The van der Waals surface area contributed by atoms with Crippen LogP contribution in [0.1, 0.15) is 58.5 Å². The molecule has 3 aliphatic rings. The van der Waals surface area contributed by atoms with Crippen LogP contribution >= 0.6 is 0 Å². The van der Waals surface area contributed by atoms with Crippen LogP contribution in [-0.2, 0) is 0 Å². The highest BCUT2D eigenvalue weighted by atomic mass is 16.5. The first-order chi connectivity index (χ1) is 16.0. The van der Waals surface area contributed by atoms with E-state index in [0.717, 1.165) is 37.8 Å². The van der Waals surface area contributed by atoms with E-state index in [-0.39, 0.29) is 23.8 Å². The summed E-state index contributed by atoms with van der Waals surface area (Å²) in [5.74, 6) is 0.440. The highest BCUT2D eigenvalue weighted by Crippen LogP contribution is 2.37. The van der Waals surface area contributed by atoms with Crippen LogP contribution in [0.3, 0.4) is 0 Å². The van der Waals surface area contributed by atoms with E-state index in [1.54, 1.807) is 12.3 Å². The molecule has 1 aromatic carbocycles. The fourth-order valence-electron chi connectivity index (χ4n) is 4.77. The zero-order valence-corrected chi connectivity index (χ0v) is 19.3. The second-order valence-electron chi connectivity index (χ2n) is 9.23. The van der Waals surface area contributed by atoms with Gasteiger partial charge in [0.15, 0.2) is 0 Å². The molecule has 0 radical (unpaired) electrons. The molecule has 0 atom stereocenters. The molecule has 176 valence electrons. The van der Waals surface area contributed by atoms with Crippen molar-refractivity contribution in [2.24, 2.45) is 5.41 Å². The van der Waals surface area contributed by atoms with Crippen molar-refractivity contribution in [2.45, 2.75) is 39.0 Å². The number of aliphatic hydroxyl groups is 1. The topological polar surface area (TPSA) is 83.0 Å². The minimum absolute atomic E-state index is 0.0364. The molecule has 0 aliphatic carbocycles. The van der Waals surface area contributed by atoms with Gasteiger partial charge in [-0.15, -0.1) is 0 Å². The smallest absolute Gasteiger partial charge is 0.257 e. The van der Waals surface area contributed by atoms with E-state index >= 15 is 0 Å². The van der Waals surface area contributed by atoms with Gasteiger partial charge >= 0.3 is 0 Å². The molecule has 0 unspecified atom stereocenters. The molecular formula is C26H33N3O4. The number of aliphatic hydroxyl groups excluding tert-OH is 1. The van der Waals surface area contributed by atoms with E-state index < -0.39 is 0 Å². The number of hydrogen-bond acceptors (Lipinski definition) is 5. The SMILES string of the molecule is Cc1ccc(C(=O)N2CCCCC3(CO)CCN(CC3)C(=O)c3ccccc3OCC2)cn1. The van der Waals surface area contributed by atoms with E-state index in [1.165, 1.54) is 0 Å². The highest BCUT2D eigenvalue weighted by Gasteiger charge is 2.36. The summed E-state index contributed by atoms with van der Waals surface area (Å²) in [7, 11) is 0. The molecule has 7 nitrogen and oxygen atoms in total. The molecule has 2 aromatic rings. The number of carbonyl (C=O) groups excluding carboxylic acids is 2. The van der Waals surface area contributed by atoms with Crippen molar-refractivity contribution in [3.05, 3.63) is 59.4 Å². The Hall–Kier alpha value is -2.93. The molecule has 0 spiro atoms. The lowest BCUT2D eigenvalue weighted by molar-refractivity contribution is 0.0297. The minimum Gasteiger partial charge on any atom is -0.491 e. The maximum Gasteiger partial charge on any atom is 0.257 e. The Bertz CT molecular complexity index is 968. The number of aromatic nitrogens is 1. The number of piperidine rings is 1. The van der Waals surface area contributed by atoms with Crippen LogP contribution in [-0.4, -0.2) is 71.1 Å². The first kappa shape index (κ1) is 23.2. The van der Waals surface area contributed by atoms with E-state index in [0.29, 0.717) is 49.7 Å². The standard InChI is InChI=1S/C26H33N3O4/c1-20-8-9-21(18-27-20)24(31)28-13-5-4-10-26(19-30)11-14-29(15-12-26)25(32)22-6-2-3-7-23(22)33-17-16-28/h2-3,6-9,18,30H,4-5,10-17,19H2,1H3. The van der Waals surface area contributed by atoms with Gasteiger partial charge in [0.25, 0.3) is 11.8 Å². The number of amides is 2. The summed E-state index contributed by atoms with van der Waals surface area (Å²) >= 11 is 0. The van der Waals surface area contributed by atoms with Crippen LogP contribution in [0.2, 0.25) is 0 Å². The van der Waals surface area contributed by atoms with E-state index in [2.05, 4.69) is 4.98 Å². The fraction of sp³-hybridized carbons (Fsp3) is 0.500. The van der Waals surface area contributed by atoms with E-state index in [9.17, 15) is 14.7 Å². The molecule has 0 saturated carbocycles. The van der Waals surface area contributed by atoms with Crippen LogP contribution in [0, 0.1) is 12.3 Å². The number of ether oxygens (including phenoxy) is 1. The zero-order valence-electron chi connectivity index (χ0n) is 19.3. The third-order valence-corrected chi connectivity index (χ3v) is 7.01. The number of benzene rings is 1. The van der Waals surface area contributed by atoms with Gasteiger partial charge in [-0.25, -0.2) is 0 Å². The summed E-state index contributed by atoms with van der Waals surface area (Å²) in [6, 6.07) is 11.0. The van der Waals surface area contributed by atoms with E-state index in [1.807, 2.05) is 47.1 Å². The van der Waals surface area contributed by atoms with Crippen LogP contribution in [0.15, 0.2) is 42.6 Å². The molecule has 2 amide bonds. The summed E-state index contributed by atoms with van der Waals surface area (Å²) in [5, 5.41) is 10.2. The van der Waals surface area contributed by atoms with Gasteiger partial charge in [0, 0.05) is 38.1 Å². The molecule has 3 aliphatic heterocycles. The quantitative estimate of drug-likeness (QED) is 0.758. The number of pyridine rings is 1. The molecule has 1 fully saturated rings. The highest BCUT2D eigenvalue weighted by molar-refractivity contribution is 5.97. The van der Waals surface area contributed by atoms with Gasteiger partial charge in [-0.3, -0.25) is 14.6 Å². The Morgan fingerprint density at radius 1 is 1.06 bits per heavy atom. The van der Waals surface area contributed by atoms with Crippen molar-refractivity contribution in [1.29, 1.82) is 0 Å². The number of rotatable bonds is 2. The zero-order chi connectivity index (χ0) is 23.3. The molecule has 4 heterocycles. The fourth-order valence-corrected chi connectivity index (χ4v) is 4.77. The molecule has 1 N–H and O–H groups in total. The van der Waals surface area contributed by atoms with Crippen molar-refractivity contribution in [1.82, 2.24) is 14.8 Å². The van der Waals surface area contributed by atoms with Crippen molar-refractivity contribution < 1.29 is 19.4 Å². The third-order valence-electron chi connectivity index (χ3n) is 7.01. The largest absolute Gasteiger partial charge is 0.491 e. The molecule has 1 saturated heterocycles. The lowest BCUT2D eigenvalue weighted by atomic mass is 9.75. The summed E-state index contributed by atoms with van der Waals surface area (Å²) in [6.45, 7) is 4.64. The predicted molar refractivity (Wildman–Crippen MR) is 125 cm³/mol. The number of para-hydroxylation sites is 1. The number of hydrogen-bond donors (Lipinski definition) is 1. The van der Waals surface area contributed by atoms with Crippen LogP contribution in [0.5, 0.6) is 5.75 Å². The van der Waals surface area contributed by atoms with Crippen molar-refractivity contribution in [3.8, 4) is 5.75 Å². The maximum absolute atomic E-state index is 13.2. The van der Waals surface area contributed by atoms with Gasteiger partial charge in [0.1, 0.15) is 12.4 Å². The summed E-state index contributed by atoms with van der Waals surface area (Å²) < 4.78 is 6.02. The van der Waals surface area contributed by atoms with Crippen LogP contribution in [0.25, 0.3) is 0 Å². The molecule has 33 heavy (non-hydrogen) atoms. The average Bonchev–Trinajstić information content (AvgIpc) is 2.86. The molecular weight excluding hydrogens is 418 g/mol. The second kappa shape index (κ2) is 10.3. The van der Waals surface area contributed by atoms with Gasteiger partial charge < -0.3 is 19.6 Å². The monoisotopic (exact) mass is 451 g/mol. The van der Waals surface area contributed by atoms with Gasteiger partial charge in [-0.1, -0.05) is 18.6 Å². The summed E-state index contributed by atoms with van der Waals surface area (Å²) in [6.07, 6.45) is 5.87. The summed E-state index contributed by atoms with van der Waals surface area (Å²) in [5.41, 5.74) is 1.83. The van der Waals surface area contributed by atoms with E-state index in [4.69, 9.17) is 4.74 Å². The van der Waals surface area contributed by atoms with Crippen molar-refractivity contribution >= 4 is 11.8 Å². The summed E-state index contributed by atoms with van der Waals surface area (Å²) in [4.78, 5) is 34.3. The Morgan fingerprint density at radius 3 is 2.58 bits per heavy atom. The lowest BCUT2D eigenvalue weighted by Gasteiger charge is -2.41. The Labute approximate surface area is 195 Å². The van der Waals surface area contributed by atoms with Crippen molar-refractivity contribution in [2.75, 3.05) is 39.4 Å². The Balaban J connectivity index is 1.57.